The van der Waals surface area contributed by atoms with Crippen molar-refractivity contribution >= 4 is 0 Å². The van der Waals surface area contributed by atoms with Crippen LogP contribution in [-0.4, -0.2) is 11.2 Å². The van der Waals surface area contributed by atoms with E-state index in [1.165, 1.54) is 5.56 Å². The van der Waals surface area contributed by atoms with Gasteiger partial charge < -0.3 is 5.11 Å². The summed E-state index contributed by atoms with van der Waals surface area (Å²) in [7, 11) is 0. The van der Waals surface area contributed by atoms with Crippen molar-refractivity contribution in [2.45, 2.75) is 51.6 Å². The Hall–Kier alpha value is -0.820. The average Bonchev–Trinajstić information content (AvgIpc) is 2.27. The molecule has 1 nitrogen and oxygen atoms in total. The molecule has 0 saturated carbocycles. The molecule has 0 bridgehead atoms. The summed E-state index contributed by atoms with van der Waals surface area (Å²) in [4.78, 5) is 0. The molecule has 0 radical (unpaired) electrons. The van der Waals surface area contributed by atoms with Crippen molar-refractivity contribution in [1.82, 2.24) is 0 Å². The maximum absolute atomic E-state index is 10.2. The molecule has 1 aromatic rings. The molecule has 0 fully saturated rings. The number of hydrogen-bond donors (Lipinski definition) is 1. The third-order valence-corrected chi connectivity index (χ3v) is 3.18. The van der Waals surface area contributed by atoms with Crippen molar-refractivity contribution in [3.8, 4) is 0 Å². The Labute approximate surface area is 93.1 Å². The lowest BCUT2D eigenvalue weighted by molar-refractivity contribution is 0.0890. The van der Waals surface area contributed by atoms with Gasteiger partial charge in [-0.25, -0.2) is 0 Å². The van der Waals surface area contributed by atoms with Crippen LogP contribution in [0.4, 0.5) is 0 Å². The minimum absolute atomic E-state index is 0.142. The lowest BCUT2D eigenvalue weighted by Gasteiger charge is -2.31. The minimum Gasteiger partial charge on any atom is -0.392 e. The first kappa shape index (κ1) is 12.3. The van der Waals surface area contributed by atoms with Gasteiger partial charge in [-0.05, 0) is 12.0 Å². The van der Waals surface area contributed by atoms with E-state index in [2.05, 4.69) is 32.9 Å². The zero-order valence-corrected chi connectivity index (χ0v) is 10.0. The second kappa shape index (κ2) is 5.32. The third-order valence-electron chi connectivity index (χ3n) is 3.18. The minimum atomic E-state index is -0.250. The zero-order chi connectivity index (χ0) is 11.3. The molecule has 15 heavy (non-hydrogen) atoms. The molecule has 0 aromatic heterocycles. The molecule has 1 N–H and O–H groups in total. The van der Waals surface area contributed by atoms with Crippen LogP contribution in [0.2, 0.25) is 0 Å². The van der Waals surface area contributed by atoms with Gasteiger partial charge >= 0.3 is 0 Å². The van der Waals surface area contributed by atoms with Crippen molar-refractivity contribution in [3.05, 3.63) is 35.9 Å². The van der Waals surface area contributed by atoms with Gasteiger partial charge in [0.25, 0.3) is 0 Å². The first-order valence-corrected chi connectivity index (χ1v) is 5.82. The lowest BCUT2D eigenvalue weighted by Crippen LogP contribution is -2.33. The first-order chi connectivity index (χ1) is 7.09. The van der Waals surface area contributed by atoms with Crippen LogP contribution in [0.15, 0.2) is 30.3 Å². The predicted octanol–water partition coefficient (Wildman–Crippen LogP) is 3.52. The van der Waals surface area contributed by atoms with E-state index in [9.17, 15) is 5.11 Å². The topological polar surface area (TPSA) is 20.2 Å². The highest BCUT2D eigenvalue weighted by Gasteiger charge is 2.28. The Morgan fingerprint density at radius 3 is 2.33 bits per heavy atom. The van der Waals surface area contributed by atoms with Gasteiger partial charge in [0.1, 0.15) is 0 Å². The van der Waals surface area contributed by atoms with Gasteiger partial charge in [0.2, 0.25) is 0 Å². The monoisotopic (exact) mass is 206 g/mol. The molecule has 1 heteroatoms. The number of unbranched alkanes of at least 4 members (excludes halogenated alkanes) is 1. The fraction of sp³-hybridized carbons (Fsp3) is 0.571. The Kier molecular flexibility index (Phi) is 4.34. The molecule has 0 amide bonds. The fourth-order valence-electron chi connectivity index (χ4n) is 1.82. The molecule has 0 heterocycles. The maximum Gasteiger partial charge on any atom is 0.0631 e. The van der Waals surface area contributed by atoms with Gasteiger partial charge in [0.15, 0.2) is 0 Å². The Morgan fingerprint density at radius 2 is 1.80 bits per heavy atom. The van der Waals surface area contributed by atoms with Crippen molar-refractivity contribution in [1.29, 1.82) is 0 Å². The summed E-state index contributed by atoms with van der Waals surface area (Å²) < 4.78 is 0. The Bertz CT molecular complexity index is 277. The second-order valence-corrected chi connectivity index (χ2v) is 4.75. The fourth-order valence-corrected chi connectivity index (χ4v) is 1.82. The van der Waals surface area contributed by atoms with Crippen LogP contribution in [0.25, 0.3) is 0 Å². The van der Waals surface area contributed by atoms with Crippen LogP contribution in [0.5, 0.6) is 0 Å². The molecule has 0 aliphatic heterocycles. The van der Waals surface area contributed by atoms with Gasteiger partial charge in [0.05, 0.1) is 6.10 Å². The molecule has 0 aliphatic rings. The van der Waals surface area contributed by atoms with Crippen LogP contribution >= 0.6 is 0 Å². The van der Waals surface area contributed by atoms with Crippen LogP contribution in [0.3, 0.4) is 0 Å². The normalized spacial score (nSPS) is 13.9. The smallest absolute Gasteiger partial charge is 0.0631 e. The van der Waals surface area contributed by atoms with Crippen LogP contribution in [0, 0.1) is 0 Å². The van der Waals surface area contributed by atoms with E-state index in [0.717, 1.165) is 19.3 Å². The van der Waals surface area contributed by atoms with Gasteiger partial charge in [0, 0.05) is 5.41 Å². The number of rotatable bonds is 5. The summed E-state index contributed by atoms with van der Waals surface area (Å²) in [6.07, 6.45) is 2.87. The molecule has 1 aromatic carbocycles. The van der Waals surface area contributed by atoms with Crippen molar-refractivity contribution in [2.75, 3.05) is 0 Å². The Balaban J connectivity index is 2.73. The quantitative estimate of drug-likeness (QED) is 0.781. The number of aliphatic hydroxyl groups is 1. The molecule has 1 atom stereocenters. The first-order valence-electron chi connectivity index (χ1n) is 5.82. The van der Waals surface area contributed by atoms with Crippen LogP contribution in [-0.2, 0) is 5.41 Å². The van der Waals surface area contributed by atoms with Crippen molar-refractivity contribution in [3.63, 3.8) is 0 Å². The summed E-state index contributed by atoms with van der Waals surface area (Å²) in [6, 6.07) is 10.3. The highest BCUT2D eigenvalue weighted by molar-refractivity contribution is 5.24. The van der Waals surface area contributed by atoms with Gasteiger partial charge in [-0.2, -0.15) is 0 Å². The van der Waals surface area contributed by atoms with E-state index >= 15 is 0 Å². The molecule has 84 valence electrons. The summed E-state index contributed by atoms with van der Waals surface area (Å²) >= 11 is 0. The average molecular weight is 206 g/mol. The molecular formula is C14H22O. The van der Waals surface area contributed by atoms with E-state index in [1.54, 1.807) is 0 Å². The van der Waals surface area contributed by atoms with Crippen molar-refractivity contribution in [2.24, 2.45) is 0 Å². The maximum atomic E-state index is 10.2. The van der Waals surface area contributed by atoms with E-state index in [4.69, 9.17) is 0 Å². The molecule has 1 rings (SSSR count). The third kappa shape index (κ3) is 3.07. The molecule has 0 saturated heterocycles. The lowest BCUT2D eigenvalue weighted by atomic mass is 9.77. The van der Waals surface area contributed by atoms with Crippen molar-refractivity contribution < 1.29 is 5.11 Å². The summed E-state index contributed by atoms with van der Waals surface area (Å²) in [5.41, 5.74) is 1.07. The Morgan fingerprint density at radius 1 is 1.20 bits per heavy atom. The summed E-state index contributed by atoms with van der Waals surface area (Å²) in [6.45, 7) is 6.38. The van der Waals surface area contributed by atoms with Gasteiger partial charge in [-0.15, -0.1) is 0 Å². The van der Waals surface area contributed by atoms with Gasteiger partial charge in [-0.3, -0.25) is 0 Å². The van der Waals surface area contributed by atoms with E-state index in [0.29, 0.717) is 0 Å². The SMILES string of the molecule is CCCCC(O)C(C)(C)c1ccccc1. The van der Waals surface area contributed by atoms with Crippen LogP contribution < -0.4 is 0 Å². The largest absolute Gasteiger partial charge is 0.392 e. The van der Waals surface area contributed by atoms with E-state index < -0.39 is 0 Å². The number of benzene rings is 1. The van der Waals surface area contributed by atoms with Gasteiger partial charge in [-0.1, -0.05) is 63.9 Å². The number of aliphatic hydroxyl groups excluding tert-OH is 1. The van der Waals surface area contributed by atoms with Crippen LogP contribution in [0.1, 0.15) is 45.6 Å². The molecular weight excluding hydrogens is 184 g/mol. The molecule has 0 spiro atoms. The number of hydrogen-bond acceptors (Lipinski definition) is 1. The summed E-state index contributed by atoms with van der Waals surface area (Å²) in [5.74, 6) is 0. The van der Waals surface area contributed by atoms with E-state index in [-0.39, 0.29) is 11.5 Å². The molecule has 1 unspecified atom stereocenters. The van der Waals surface area contributed by atoms with E-state index in [1.807, 2.05) is 18.2 Å². The standard InChI is InChI=1S/C14H22O/c1-4-5-11-13(15)14(2,3)12-9-7-6-8-10-12/h6-10,13,15H,4-5,11H2,1-3H3. The second-order valence-electron chi connectivity index (χ2n) is 4.75. The predicted molar refractivity (Wildman–Crippen MR) is 65.0 cm³/mol. The molecule has 0 aliphatic carbocycles. The highest BCUT2D eigenvalue weighted by atomic mass is 16.3. The zero-order valence-electron chi connectivity index (χ0n) is 10.0. The summed E-state index contributed by atoms with van der Waals surface area (Å²) in [5, 5.41) is 10.2. The highest BCUT2D eigenvalue weighted by Crippen LogP contribution is 2.29.